The lowest BCUT2D eigenvalue weighted by Crippen LogP contribution is -2.41. The van der Waals surface area contributed by atoms with Crippen molar-refractivity contribution in [3.05, 3.63) is 16.6 Å². The van der Waals surface area contributed by atoms with Crippen LogP contribution >= 0.6 is 11.3 Å². The largest absolute Gasteiger partial charge is 0.389 e. The van der Waals surface area contributed by atoms with Gasteiger partial charge in [0.25, 0.3) is 5.91 Å². The Bertz CT molecular complexity index is 602. The third-order valence-electron chi connectivity index (χ3n) is 3.15. The summed E-state index contributed by atoms with van der Waals surface area (Å²) in [5.41, 5.74) is 0.0446. The number of amides is 1. The molecule has 6 heteroatoms. The van der Waals surface area contributed by atoms with E-state index in [2.05, 4.69) is 5.10 Å². The molecule has 5 nitrogen and oxygen atoms in total. The van der Waals surface area contributed by atoms with Gasteiger partial charge < -0.3 is 10.0 Å². The van der Waals surface area contributed by atoms with Crippen LogP contribution in [0.25, 0.3) is 10.2 Å². The highest BCUT2D eigenvalue weighted by atomic mass is 32.1. The molecule has 0 aliphatic carbocycles. The van der Waals surface area contributed by atoms with Crippen molar-refractivity contribution in [3.63, 3.8) is 0 Å². The van der Waals surface area contributed by atoms with Crippen LogP contribution < -0.4 is 0 Å². The van der Waals surface area contributed by atoms with Crippen LogP contribution in [0.2, 0.25) is 0 Å². The Morgan fingerprint density at radius 3 is 2.70 bits per heavy atom. The Morgan fingerprint density at radius 1 is 1.55 bits per heavy atom. The van der Waals surface area contributed by atoms with Gasteiger partial charge >= 0.3 is 0 Å². The summed E-state index contributed by atoms with van der Waals surface area (Å²) in [7, 11) is 1.88. The van der Waals surface area contributed by atoms with Crippen LogP contribution in [0.5, 0.6) is 0 Å². The topological polar surface area (TPSA) is 58.4 Å². The summed E-state index contributed by atoms with van der Waals surface area (Å²) in [6.45, 7) is 8.19. The number of aromatic nitrogens is 2. The molecule has 0 unspecified atom stereocenters. The molecule has 0 saturated heterocycles. The number of aliphatic hydroxyl groups is 1. The second-order valence-corrected chi connectivity index (χ2v) is 6.70. The first kappa shape index (κ1) is 15.0. The van der Waals surface area contributed by atoms with Gasteiger partial charge in [-0.05, 0) is 33.8 Å². The number of fused-ring (bicyclic) bond motifs is 1. The van der Waals surface area contributed by atoms with Gasteiger partial charge in [0.05, 0.1) is 16.2 Å². The van der Waals surface area contributed by atoms with Gasteiger partial charge in [0, 0.05) is 25.5 Å². The molecule has 2 rings (SSSR count). The third kappa shape index (κ3) is 2.86. The van der Waals surface area contributed by atoms with Gasteiger partial charge in [-0.25, -0.2) is 0 Å². The van der Waals surface area contributed by atoms with E-state index in [0.717, 1.165) is 15.9 Å². The van der Waals surface area contributed by atoms with Crippen molar-refractivity contribution in [3.8, 4) is 0 Å². The van der Waals surface area contributed by atoms with Crippen LogP contribution in [0.3, 0.4) is 0 Å². The summed E-state index contributed by atoms with van der Waals surface area (Å²) in [6.07, 6.45) is 0. The predicted molar refractivity (Wildman–Crippen MR) is 81.2 cm³/mol. The molecule has 0 radical (unpaired) electrons. The minimum Gasteiger partial charge on any atom is -0.389 e. The lowest BCUT2D eigenvalue weighted by atomic mass is 10.1. The van der Waals surface area contributed by atoms with Crippen LogP contribution in [0, 0.1) is 6.92 Å². The van der Waals surface area contributed by atoms with E-state index < -0.39 is 5.60 Å². The number of rotatable bonds is 4. The second kappa shape index (κ2) is 5.18. The molecule has 20 heavy (non-hydrogen) atoms. The maximum atomic E-state index is 12.5. The molecule has 2 heterocycles. The molecule has 0 aliphatic heterocycles. The Labute approximate surface area is 122 Å². The van der Waals surface area contributed by atoms with Crippen molar-refractivity contribution in [2.75, 3.05) is 13.1 Å². The van der Waals surface area contributed by atoms with Crippen LogP contribution in [0.1, 0.15) is 36.1 Å². The molecule has 2 aromatic rings. The maximum absolute atomic E-state index is 12.5. The van der Waals surface area contributed by atoms with Gasteiger partial charge in [-0.15, -0.1) is 11.3 Å². The van der Waals surface area contributed by atoms with Crippen molar-refractivity contribution in [2.24, 2.45) is 7.05 Å². The number of hydrogen-bond acceptors (Lipinski definition) is 4. The van der Waals surface area contributed by atoms with E-state index in [4.69, 9.17) is 0 Å². The van der Waals surface area contributed by atoms with E-state index in [1.54, 1.807) is 23.4 Å². The fourth-order valence-corrected chi connectivity index (χ4v) is 3.35. The minimum absolute atomic E-state index is 0.0322. The van der Waals surface area contributed by atoms with Crippen LogP contribution in [-0.4, -0.2) is 44.4 Å². The Hall–Kier alpha value is -1.40. The van der Waals surface area contributed by atoms with Crippen LogP contribution in [-0.2, 0) is 7.05 Å². The van der Waals surface area contributed by atoms with Crippen LogP contribution in [0.15, 0.2) is 6.07 Å². The summed E-state index contributed by atoms with van der Waals surface area (Å²) in [5, 5.41) is 15.3. The van der Waals surface area contributed by atoms with Gasteiger partial charge in [-0.3, -0.25) is 9.48 Å². The quantitative estimate of drug-likeness (QED) is 0.940. The van der Waals surface area contributed by atoms with Gasteiger partial charge in [0.15, 0.2) is 0 Å². The predicted octanol–water partition coefficient (Wildman–Crippen LogP) is 2.18. The van der Waals surface area contributed by atoms with Gasteiger partial charge in [0.1, 0.15) is 4.83 Å². The number of carbonyl (C=O) groups is 1. The van der Waals surface area contributed by atoms with Crippen molar-refractivity contribution in [1.82, 2.24) is 14.7 Å². The minimum atomic E-state index is -0.889. The number of likely N-dealkylation sites (N-methyl/N-ethyl adjacent to an activating group) is 1. The van der Waals surface area contributed by atoms with Gasteiger partial charge in [-0.1, -0.05) is 0 Å². The molecular weight excluding hydrogens is 274 g/mol. The first-order valence-electron chi connectivity index (χ1n) is 6.67. The fraction of sp³-hybridized carbons (Fsp3) is 0.571. The number of nitrogens with zero attached hydrogens (tertiary/aromatic N) is 3. The number of thiophene rings is 1. The second-order valence-electron chi connectivity index (χ2n) is 5.67. The SMILES string of the molecule is CCN(CC(C)(C)O)C(=O)c1cc2c(C)nn(C)c2s1. The standard InChI is InChI=1S/C14H21N3O2S/c1-6-17(8-14(3,4)19)12(18)11-7-10-9(2)15-16(5)13(10)20-11/h7,19H,6,8H2,1-5H3. The van der Waals surface area contributed by atoms with Crippen molar-refractivity contribution >= 4 is 27.5 Å². The van der Waals surface area contributed by atoms with Gasteiger partial charge in [0.2, 0.25) is 0 Å². The molecule has 0 aliphatic rings. The average molecular weight is 295 g/mol. The first-order chi connectivity index (χ1) is 9.23. The van der Waals surface area contributed by atoms with Crippen LogP contribution in [0.4, 0.5) is 0 Å². The molecule has 1 N–H and O–H groups in total. The number of carbonyl (C=O) groups excluding carboxylic acids is 1. The molecular formula is C14H21N3O2S. The molecule has 1 amide bonds. The lowest BCUT2D eigenvalue weighted by molar-refractivity contribution is 0.0317. The zero-order chi connectivity index (χ0) is 15.1. The Kier molecular flexibility index (Phi) is 3.88. The zero-order valence-electron chi connectivity index (χ0n) is 12.6. The van der Waals surface area contributed by atoms with Crippen molar-refractivity contribution in [1.29, 1.82) is 0 Å². The van der Waals surface area contributed by atoms with E-state index >= 15 is 0 Å². The maximum Gasteiger partial charge on any atom is 0.264 e. The van der Waals surface area contributed by atoms with E-state index in [9.17, 15) is 9.90 Å². The van der Waals surface area contributed by atoms with Gasteiger partial charge in [-0.2, -0.15) is 5.10 Å². The highest BCUT2D eigenvalue weighted by molar-refractivity contribution is 7.20. The first-order valence-corrected chi connectivity index (χ1v) is 7.49. The number of aryl methyl sites for hydroxylation is 2. The number of hydrogen-bond donors (Lipinski definition) is 1. The smallest absolute Gasteiger partial charge is 0.264 e. The summed E-state index contributed by atoms with van der Waals surface area (Å²) < 4.78 is 1.80. The highest BCUT2D eigenvalue weighted by Gasteiger charge is 2.24. The highest BCUT2D eigenvalue weighted by Crippen LogP contribution is 2.28. The monoisotopic (exact) mass is 295 g/mol. The molecule has 2 aromatic heterocycles. The lowest BCUT2D eigenvalue weighted by Gasteiger charge is -2.27. The molecule has 0 fully saturated rings. The van der Waals surface area contributed by atoms with E-state index in [1.165, 1.54) is 11.3 Å². The summed E-state index contributed by atoms with van der Waals surface area (Å²) in [4.78, 5) is 15.9. The van der Waals surface area contributed by atoms with E-state index in [0.29, 0.717) is 18.0 Å². The van der Waals surface area contributed by atoms with Crippen molar-refractivity contribution < 1.29 is 9.90 Å². The third-order valence-corrected chi connectivity index (χ3v) is 4.34. The molecule has 110 valence electrons. The van der Waals surface area contributed by atoms with Crippen molar-refractivity contribution in [2.45, 2.75) is 33.3 Å². The molecule has 0 spiro atoms. The molecule has 0 aromatic carbocycles. The normalized spacial score (nSPS) is 12.1. The summed E-state index contributed by atoms with van der Waals surface area (Å²) in [5.74, 6) is -0.0322. The van der Waals surface area contributed by atoms with E-state index in [1.807, 2.05) is 27.0 Å². The summed E-state index contributed by atoms with van der Waals surface area (Å²) in [6, 6.07) is 1.90. The Balaban J connectivity index is 2.32. The van der Waals surface area contributed by atoms with E-state index in [-0.39, 0.29) is 5.91 Å². The molecule has 0 bridgehead atoms. The average Bonchev–Trinajstić information content (AvgIpc) is 2.87. The Morgan fingerprint density at radius 2 is 2.20 bits per heavy atom. The fourth-order valence-electron chi connectivity index (χ4n) is 2.26. The molecule has 0 saturated carbocycles. The summed E-state index contributed by atoms with van der Waals surface area (Å²) >= 11 is 1.45. The molecule has 0 atom stereocenters. The zero-order valence-corrected chi connectivity index (χ0v) is 13.4.